The van der Waals surface area contributed by atoms with Crippen LogP contribution in [0.2, 0.25) is 0 Å². The molecular formula is C59H40N2. The van der Waals surface area contributed by atoms with E-state index in [9.17, 15) is 0 Å². The molecule has 1 aliphatic heterocycles. The number of fused-ring (bicyclic) bond motifs is 10. The van der Waals surface area contributed by atoms with Crippen molar-refractivity contribution >= 4 is 44.9 Å². The van der Waals surface area contributed by atoms with Gasteiger partial charge in [0.1, 0.15) is 0 Å². The van der Waals surface area contributed by atoms with Crippen molar-refractivity contribution in [3.63, 3.8) is 0 Å². The zero-order valence-electron chi connectivity index (χ0n) is 33.5. The summed E-state index contributed by atoms with van der Waals surface area (Å²) in [6.45, 7) is 0. The zero-order chi connectivity index (χ0) is 40.3. The predicted molar refractivity (Wildman–Crippen MR) is 255 cm³/mol. The maximum absolute atomic E-state index is 2.48. The molecule has 61 heavy (non-hydrogen) atoms. The van der Waals surface area contributed by atoms with Crippen molar-refractivity contribution in [2.24, 2.45) is 0 Å². The lowest BCUT2D eigenvalue weighted by atomic mass is 9.64. The van der Waals surface area contributed by atoms with Crippen molar-refractivity contribution in [1.29, 1.82) is 0 Å². The van der Waals surface area contributed by atoms with Crippen LogP contribution in [0.1, 0.15) is 22.3 Å². The number of benzene rings is 10. The van der Waals surface area contributed by atoms with Crippen LogP contribution in [0.15, 0.2) is 243 Å². The van der Waals surface area contributed by atoms with Gasteiger partial charge in [-0.1, -0.05) is 170 Å². The lowest BCUT2D eigenvalue weighted by Crippen LogP contribution is -2.36. The van der Waals surface area contributed by atoms with Crippen molar-refractivity contribution in [2.45, 2.75) is 5.41 Å². The van der Waals surface area contributed by atoms with Crippen molar-refractivity contribution in [2.75, 3.05) is 9.80 Å². The van der Waals surface area contributed by atoms with Gasteiger partial charge in [-0.15, -0.1) is 0 Å². The molecule has 0 unspecified atom stereocenters. The Hall–Kier alpha value is -7.94. The molecule has 0 saturated heterocycles. The van der Waals surface area contributed by atoms with Gasteiger partial charge >= 0.3 is 0 Å². The Morgan fingerprint density at radius 2 is 0.770 bits per heavy atom. The van der Waals surface area contributed by atoms with Gasteiger partial charge in [-0.05, 0) is 139 Å². The van der Waals surface area contributed by atoms with Crippen LogP contribution in [0.25, 0.3) is 44.2 Å². The Balaban J connectivity index is 0.977. The normalized spacial score (nSPS) is 13.0. The number of hydrogen-bond acceptors (Lipinski definition) is 2. The lowest BCUT2D eigenvalue weighted by molar-refractivity contribution is 0.753. The first kappa shape index (κ1) is 35.0. The standard InChI is InChI=1S/C59H40N2/c1-4-16-41(17-5-1)42-30-34-49(35-31-42)60(47-18-6-2-7-19-47)50-36-32-44-38-43(28-29-45(44)39-50)46-33-37-52-51-22-10-11-23-53(51)59(56(52)40-46)54-24-12-14-26-57(54)61(48-20-8-3-9-21-48)58-27-15-13-25-55(58)59/h1-40H. The molecule has 2 aliphatic rings. The van der Waals surface area contributed by atoms with E-state index in [4.69, 9.17) is 0 Å². The maximum Gasteiger partial charge on any atom is 0.0754 e. The van der Waals surface area contributed by atoms with Crippen LogP contribution in [0.5, 0.6) is 0 Å². The second kappa shape index (κ2) is 14.1. The van der Waals surface area contributed by atoms with E-state index < -0.39 is 5.41 Å². The van der Waals surface area contributed by atoms with Gasteiger partial charge in [0.15, 0.2) is 0 Å². The van der Waals surface area contributed by atoms with E-state index in [-0.39, 0.29) is 0 Å². The highest BCUT2D eigenvalue weighted by atomic mass is 15.2. The van der Waals surface area contributed by atoms with Gasteiger partial charge in [-0.3, -0.25) is 0 Å². The molecule has 0 atom stereocenters. The van der Waals surface area contributed by atoms with Crippen LogP contribution in [-0.2, 0) is 5.41 Å². The lowest BCUT2D eigenvalue weighted by Gasteiger charge is -2.45. The minimum Gasteiger partial charge on any atom is -0.310 e. The molecule has 2 heteroatoms. The molecule has 0 radical (unpaired) electrons. The van der Waals surface area contributed by atoms with E-state index >= 15 is 0 Å². The van der Waals surface area contributed by atoms with E-state index in [0.717, 1.165) is 22.7 Å². The van der Waals surface area contributed by atoms with Crippen LogP contribution in [0, 0.1) is 0 Å². The van der Waals surface area contributed by atoms with Gasteiger partial charge in [0, 0.05) is 22.7 Å². The van der Waals surface area contributed by atoms with Gasteiger partial charge in [0.2, 0.25) is 0 Å². The molecule has 286 valence electrons. The first-order chi connectivity index (χ1) is 30.3. The molecule has 0 fully saturated rings. The summed E-state index contributed by atoms with van der Waals surface area (Å²) in [5.74, 6) is 0. The minimum atomic E-state index is -0.494. The molecule has 2 nitrogen and oxygen atoms in total. The fraction of sp³-hybridized carbons (Fsp3) is 0.0169. The summed E-state index contributed by atoms with van der Waals surface area (Å²) in [6, 6.07) is 88.9. The molecule has 0 aromatic heterocycles. The SMILES string of the molecule is c1ccc(-c2ccc(N(c3ccccc3)c3ccc4cc(-c5ccc6c(c5)C5(c7ccccc7-6)c6ccccc6N(c6ccccc6)c6ccccc65)ccc4c3)cc2)cc1. The summed E-state index contributed by atoms with van der Waals surface area (Å²) in [7, 11) is 0. The second-order valence-electron chi connectivity index (χ2n) is 16.1. The molecule has 1 spiro atoms. The smallest absolute Gasteiger partial charge is 0.0754 e. The van der Waals surface area contributed by atoms with Crippen LogP contribution >= 0.6 is 0 Å². The molecule has 10 aromatic carbocycles. The highest BCUT2D eigenvalue weighted by molar-refractivity contribution is 5.98. The molecule has 0 bridgehead atoms. The molecular weight excluding hydrogens is 737 g/mol. The number of rotatable bonds is 6. The van der Waals surface area contributed by atoms with Gasteiger partial charge in [-0.2, -0.15) is 0 Å². The van der Waals surface area contributed by atoms with Crippen molar-refractivity contribution in [3.05, 3.63) is 265 Å². The van der Waals surface area contributed by atoms with Crippen molar-refractivity contribution < 1.29 is 0 Å². The van der Waals surface area contributed by atoms with Crippen LogP contribution in [0.3, 0.4) is 0 Å². The Labute approximate surface area is 356 Å². The highest BCUT2D eigenvalue weighted by Gasteiger charge is 2.51. The molecule has 0 N–H and O–H groups in total. The van der Waals surface area contributed by atoms with Crippen molar-refractivity contribution in [1.82, 2.24) is 0 Å². The topological polar surface area (TPSA) is 6.48 Å². The quantitative estimate of drug-likeness (QED) is 0.166. The first-order valence-electron chi connectivity index (χ1n) is 21.1. The van der Waals surface area contributed by atoms with Gasteiger partial charge < -0.3 is 9.80 Å². The highest BCUT2D eigenvalue weighted by Crippen LogP contribution is 2.63. The van der Waals surface area contributed by atoms with Gasteiger partial charge in [0.05, 0.1) is 16.8 Å². The average molecular weight is 777 g/mol. The average Bonchev–Trinajstić information content (AvgIpc) is 3.63. The third-order valence-electron chi connectivity index (χ3n) is 12.8. The van der Waals surface area contributed by atoms with E-state index in [0.29, 0.717) is 0 Å². The molecule has 12 rings (SSSR count). The summed E-state index contributed by atoms with van der Waals surface area (Å²) in [5, 5.41) is 2.41. The van der Waals surface area contributed by atoms with Crippen LogP contribution in [0.4, 0.5) is 34.1 Å². The van der Waals surface area contributed by atoms with E-state index in [2.05, 4.69) is 252 Å². The van der Waals surface area contributed by atoms with Crippen molar-refractivity contribution in [3.8, 4) is 33.4 Å². The maximum atomic E-state index is 2.48. The minimum absolute atomic E-state index is 0.494. The predicted octanol–water partition coefficient (Wildman–Crippen LogP) is 15.8. The molecule has 1 aliphatic carbocycles. The van der Waals surface area contributed by atoms with Gasteiger partial charge in [0.25, 0.3) is 0 Å². The Morgan fingerprint density at radius 1 is 0.295 bits per heavy atom. The van der Waals surface area contributed by atoms with E-state index in [1.54, 1.807) is 0 Å². The summed E-state index contributed by atoms with van der Waals surface area (Å²) in [4.78, 5) is 4.79. The fourth-order valence-corrected chi connectivity index (χ4v) is 10.2. The van der Waals surface area contributed by atoms with E-state index in [1.165, 1.54) is 77.8 Å². The number of hydrogen-bond donors (Lipinski definition) is 0. The Kier molecular flexibility index (Phi) is 8.11. The molecule has 1 heterocycles. The zero-order valence-corrected chi connectivity index (χ0v) is 33.5. The fourth-order valence-electron chi connectivity index (χ4n) is 10.2. The summed E-state index contributed by atoms with van der Waals surface area (Å²) >= 11 is 0. The summed E-state index contributed by atoms with van der Waals surface area (Å²) in [6.07, 6.45) is 0. The summed E-state index contributed by atoms with van der Waals surface area (Å²) in [5.41, 5.74) is 19.1. The number of para-hydroxylation sites is 4. The number of nitrogens with zero attached hydrogens (tertiary/aromatic N) is 2. The largest absolute Gasteiger partial charge is 0.310 e. The first-order valence-corrected chi connectivity index (χ1v) is 21.1. The van der Waals surface area contributed by atoms with E-state index in [1.807, 2.05) is 0 Å². The third kappa shape index (κ3) is 5.50. The molecule has 0 saturated carbocycles. The second-order valence-corrected chi connectivity index (χ2v) is 16.1. The third-order valence-corrected chi connectivity index (χ3v) is 12.8. The van der Waals surface area contributed by atoms with Crippen LogP contribution in [-0.4, -0.2) is 0 Å². The van der Waals surface area contributed by atoms with Crippen LogP contribution < -0.4 is 9.80 Å². The molecule has 0 amide bonds. The Bertz CT molecular complexity index is 3200. The number of anilines is 6. The van der Waals surface area contributed by atoms with Gasteiger partial charge in [-0.25, -0.2) is 0 Å². The monoisotopic (exact) mass is 776 g/mol. The molecule has 10 aromatic rings. The Morgan fingerprint density at radius 3 is 1.49 bits per heavy atom. The summed E-state index contributed by atoms with van der Waals surface area (Å²) < 4.78 is 0.